The van der Waals surface area contributed by atoms with E-state index in [2.05, 4.69) is 31.0 Å². The van der Waals surface area contributed by atoms with Crippen LogP contribution in [0.1, 0.15) is 6.42 Å². The summed E-state index contributed by atoms with van der Waals surface area (Å²) in [7, 11) is -3.81. The zero-order valence-corrected chi connectivity index (χ0v) is 16.7. The highest BCUT2D eigenvalue weighted by Gasteiger charge is 2.28. The monoisotopic (exact) mass is 439 g/mol. The number of para-hydroxylation sites is 1. The number of hydrogen-bond acceptors (Lipinski definition) is 9. The highest BCUT2D eigenvalue weighted by molar-refractivity contribution is 7.89. The normalized spacial score (nSPS) is 13.8. The van der Waals surface area contributed by atoms with E-state index in [4.69, 9.17) is 10.5 Å². The topological polar surface area (TPSA) is 179 Å². The van der Waals surface area contributed by atoms with Crippen molar-refractivity contribution < 1.29 is 13.2 Å². The first-order valence-electron chi connectivity index (χ1n) is 8.93. The number of primary sulfonamides is 1. The Bertz CT molecular complexity index is 1250. The molecule has 1 aliphatic rings. The van der Waals surface area contributed by atoms with Crippen LogP contribution in [0.3, 0.4) is 0 Å². The van der Waals surface area contributed by atoms with E-state index >= 15 is 0 Å². The molecule has 0 bridgehead atoms. The summed E-state index contributed by atoms with van der Waals surface area (Å²) in [6.07, 6.45) is -0.0923. The summed E-state index contributed by atoms with van der Waals surface area (Å²) >= 11 is 0. The molecule has 158 valence electrons. The van der Waals surface area contributed by atoms with E-state index in [1.54, 1.807) is 0 Å². The van der Waals surface area contributed by atoms with E-state index in [-0.39, 0.29) is 40.9 Å². The minimum absolute atomic E-state index is 0.00897. The van der Waals surface area contributed by atoms with Gasteiger partial charge in [-0.1, -0.05) is 18.2 Å². The van der Waals surface area contributed by atoms with E-state index < -0.39 is 10.0 Å². The minimum Gasteiger partial charge on any atom is -0.324 e. The Morgan fingerprint density at radius 2 is 1.52 bits per heavy atom. The first-order chi connectivity index (χ1) is 14.8. The summed E-state index contributed by atoms with van der Waals surface area (Å²) in [5, 5.41) is 20.2. The average Bonchev–Trinajstić information content (AvgIpc) is 3.06. The molecule has 0 radical (unpaired) electrons. The Labute approximate surface area is 177 Å². The van der Waals surface area contributed by atoms with E-state index in [0.717, 1.165) is 10.7 Å². The van der Waals surface area contributed by atoms with E-state index in [1.807, 2.05) is 30.3 Å². The van der Waals surface area contributed by atoms with Crippen LogP contribution in [-0.2, 0) is 14.8 Å². The van der Waals surface area contributed by atoms with E-state index in [1.165, 1.54) is 24.3 Å². The van der Waals surface area contributed by atoms with Crippen LogP contribution in [0.25, 0.3) is 0 Å². The Kier molecular flexibility index (Phi) is 5.19. The van der Waals surface area contributed by atoms with Gasteiger partial charge in [0.1, 0.15) is 5.84 Å². The number of hydrogen-bond donors (Lipinski definition) is 5. The second kappa shape index (κ2) is 7.97. The van der Waals surface area contributed by atoms with Gasteiger partial charge in [-0.05, 0) is 36.4 Å². The fourth-order valence-electron chi connectivity index (χ4n) is 2.72. The molecule has 0 aliphatic carbocycles. The highest BCUT2D eigenvalue weighted by atomic mass is 32.2. The maximum absolute atomic E-state index is 11.6. The van der Waals surface area contributed by atoms with Gasteiger partial charge >= 0.3 is 0 Å². The lowest BCUT2D eigenvalue weighted by molar-refractivity contribution is -0.118. The SMILES string of the molecule is N=C1CC(=O)NN1c1nc(Nc2ccccc2)nc(Nc2ccc(S(N)(=O)=O)cc2)n1. The molecule has 2 heterocycles. The molecule has 1 aromatic heterocycles. The Morgan fingerprint density at radius 1 is 0.935 bits per heavy atom. The number of carbonyl (C=O) groups is 1. The molecule has 0 unspecified atom stereocenters. The van der Waals surface area contributed by atoms with Gasteiger partial charge in [-0.15, -0.1) is 0 Å². The predicted molar refractivity (Wildman–Crippen MR) is 114 cm³/mol. The smallest absolute Gasteiger partial charge is 0.257 e. The molecular formula is C18H17N9O3S. The summed E-state index contributed by atoms with van der Waals surface area (Å²) in [6.45, 7) is 0. The van der Waals surface area contributed by atoms with Crippen LogP contribution in [0.2, 0.25) is 0 Å². The largest absolute Gasteiger partial charge is 0.324 e. The van der Waals surface area contributed by atoms with Crippen molar-refractivity contribution in [2.75, 3.05) is 15.6 Å². The van der Waals surface area contributed by atoms with Crippen molar-refractivity contribution in [3.63, 3.8) is 0 Å². The Balaban J connectivity index is 1.67. The Morgan fingerprint density at radius 3 is 2.03 bits per heavy atom. The fourth-order valence-corrected chi connectivity index (χ4v) is 3.23. The molecule has 2 aromatic carbocycles. The first kappa shape index (κ1) is 20.2. The fraction of sp³-hybridized carbons (Fsp3) is 0.0556. The zero-order valence-electron chi connectivity index (χ0n) is 15.9. The number of nitrogens with one attached hydrogen (secondary N) is 4. The van der Waals surface area contributed by atoms with Crippen LogP contribution in [0.5, 0.6) is 0 Å². The van der Waals surface area contributed by atoms with Crippen molar-refractivity contribution >= 4 is 51.0 Å². The van der Waals surface area contributed by atoms with Crippen LogP contribution in [0.15, 0.2) is 59.5 Å². The molecule has 0 spiro atoms. The van der Waals surface area contributed by atoms with Crippen LogP contribution < -0.4 is 26.2 Å². The molecule has 1 aliphatic heterocycles. The molecule has 1 amide bonds. The molecule has 12 nitrogen and oxygen atoms in total. The number of nitrogens with zero attached hydrogens (tertiary/aromatic N) is 4. The second-order valence-corrected chi connectivity index (χ2v) is 8.02. The third-order valence-corrected chi connectivity index (χ3v) is 5.06. The van der Waals surface area contributed by atoms with Gasteiger partial charge in [0.15, 0.2) is 0 Å². The summed E-state index contributed by atoms with van der Waals surface area (Å²) in [5.41, 5.74) is 3.73. The second-order valence-electron chi connectivity index (χ2n) is 6.46. The van der Waals surface area contributed by atoms with Crippen molar-refractivity contribution in [2.45, 2.75) is 11.3 Å². The number of aromatic nitrogens is 3. The van der Waals surface area contributed by atoms with Gasteiger partial charge < -0.3 is 10.6 Å². The lowest BCUT2D eigenvalue weighted by atomic mass is 10.3. The summed E-state index contributed by atoms with van der Waals surface area (Å²) in [6, 6.07) is 14.9. The standard InChI is InChI=1S/C18H17N9O3S/c19-14-10-15(28)26-27(14)18-24-16(21-11-4-2-1-3-5-11)23-17(25-18)22-12-6-8-13(9-7-12)31(20,29)30/h1-9,19H,10H2,(H,26,28)(H2,20,29,30)(H2,21,22,23,24,25). The number of sulfonamides is 1. The van der Waals surface area contributed by atoms with Gasteiger partial charge in [0.25, 0.3) is 5.95 Å². The number of amides is 1. The summed E-state index contributed by atoms with van der Waals surface area (Å²) < 4.78 is 22.9. The molecular weight excluding hydrogens is 422 g/mol. The molecule has 6 N–H and O–H groups in total. The van der Waals surface area contributed by atoms with Crippen LogP contribution in [0.4, 0.5) is 29.2 Å². The van der Waals surface area contributed by atoms with Crippen LogP contribution in [-0.4, -0.2) is 35.1 Å². The van der Waals surface area contributed by atoms with E-state index in [0.29, 0.717) is 5.69 Å². The number of rotatable bonds is 6. The van der Waals surface area contributed by atoms with Gasteiger partial charge in [-0.3, -0.25) is 15.6 Å². The number of hydrazine groups is 1. The third-order valence-electron chi connectivity index (χ3n) is 4.13. The Hall–Kier alpha value is -4.10. The van der Waals surface area contributed by atoms with Crippen molar-refractivity contribution in [3.05, 3.63) is 54.6 Å². The number of amidine groups is 1. The van der Waals surface area contributed by atoms with Crippen molar-refractivity contribution in [3.8, 4) is 0 Å². The molecule has 31 heavy (non-hydrogen) atoms. The number of nitrogens with two attached hydrogens (primary N) is 1. The van der Waals surface area contributed by atoms with Crippen molar-refractivity contribution in [2.24, 2.45) is 5.14 Å². The maximum Gasteiger partial charge on any atom is 0.257 e. The summed E-state index contributed by atoms with van der Waals surface area (Å²) in [4.78, 5) is 24.5. The quantitative estimate of drug-likeness (QED) is 0.377. The molecule has 0 saturated carbocycles. The lowest BCUT2D eigenvalue weighted by Crippen LogP contribution is -2.37. The molecule has 1 saturated heterocycles. The van der Waals surface area contributed by atoms with Crippen LogP contribution >= 0.6 is 0 Å². The third kappa shape index (κ3) is 4.73. The van der Waals surface area contributed by atoms with Crippen molar-refractivity contribution in [1.29, 1.82) is 5.41 Å². The maximum atomic E-state index is 11.6. The lowest BCUT2D eigenvalue weighted by Gasteiger charge is -2.17. The number of carbonyl (C=O) groups excluding carboxylic acids is 1. The van der Waals surface area contributed by atoms with Gasteiger partial charge in [-0.2, -0.15) is 15.0 Å². The van der Waals surface area contributed by atoms with Crippen LogP contribution in [0, 0.1) is 5.41 Å². The van der Waals surface area contributed by atoms with Gasteiger partial charge in [-0.25, -0.2) is 18.6 Å². The number of benzene rings is 2. The molecule has 3 aromatic rings. The van der Waals surface area contributed by atoms with Crippen molar-refractivity contribution in [1.82, 2.24) is 20.4 Å². The van der Waals surface area contributed by atoms with Gasteiger partial charge in [0.2, 0.25) is 27.8 Å². The minimum atomic E-state index is -3.81. The van der Waals surface area contributed by atoms with Gasteiger partial charge in [0, 0.05) is 11.4 Å². The molecule has 0 atom stereocenters. The molecule has 13 heteroatoms. The average molecular weight is 439 g/mol. The highest BCUT2D eigenvalue weighted by Crippen LogP contribution is 2.22. The summed E-state index contributed by atoms with van der Waals surface area (Å²) in [5.74, 6) is -0.0381. The van der Waals surface area contributed by atoms with E-state index in [9.17, 15) is 13.2 Å². The van der Waals surface area contributed by atoms with Gasteiger partial charge in [0.05, 0.1) is 11.3 Å². The molecule has 1 fully saturated rings. The predicted octanol–water partition coefficient (Wildman–Crippen LogP) is 1.22. The zero-order chi connectivity index (χ0) is 22.0. The number of anilines is 5. The first-order valence-corrected chi connectivity index (χ1v) is 10.5. The molecule has 4 rings (SSSR count).